The van der Waals surface area contributed by atoms with E-state index in [4.69, 9.17) is 4.74 Å². The summed E-state index contributed by atoms with van der Waals surface area (Å²) in [5.74, 6) is 0.644. The molecule has 8 heteroatoms. The lowest BCUT2D eigenvalue weighted by atomic mass is 9.97. The van der Waals surface area contributed by atoms with Crippen LogP contribution in [0, 0.1) is 16.0 Å². The number of nitro groups is 1. The molecule has 0 spiro atoms. The van der Waals surface area contributed by atoms with Gasteiger partial charge in [0.05, 0.1) is 0 Å². The van der Waals surface area contributed by atoms with Gasteiger partial charge in [-0.05, 0) is 54.2 Å². The van der Waals surface area contributed by atoms with E-state index in [0.29, 0.717) is 24.6 Å². The Morgan fingerprint density at radius 2 is 2.17 bits per heavy atom. The average molecular weight is 320 g/mol. The zero-order valence-corrected chi connectivity index (χ0v) is 13.0. The van der Waals surface area contributed by atoms with Gasteiger partial charge in [0.2, 0.25) is 0 Å². The van der Waals surface area contributed by atoms with Crippen LogP contribution in [0.1, 0.15) is 26.2 Å². The normalized spacial score (nSPS) is 21.7. The first-order valence-electron chi connectivity index (χ1n) is 7.94. The number of piperidine rings is 1. The molecule has 0 radical (unpaired) electrons. The van der Waals surface area contributed by atoms with Crippen molar-refractivity contribution in [1.82, 2.24) is 10.3 Å². The van der Waals surface area contributed by atoms with Crippen molar-refractivity contribution >= 4 is 17.5 Å². The van der Waals surface area contributed by atoms with Crippen molar-refractivity contribution in [3.05, 3.63) is 22.2 Å². The van der Waals surface area contributed by atoms with Crippen LogP contribution in [-0.4, -0.2) is 41.6 Å². The van der Waals surface area contributed by atoms with E-state index in [1.165, 1.54) is 12.1 Å². The highest BCUT2D eigenvalue weighted by molar-refractivity contribution is 5.99. The highest BCUT2D eigenvalue weighted by atomic mass is 16.6. The molecule has 124 valence electrons. The zero-order valence-electron chi connectivity index (χ0n) is 13.0. The lowest BCUT2D eigenvalue weighted by Crippen LogP contribution is -2.49. The summed E-state index contributed by atoms with van der Waals surface area (Å²) in [7, 11) is 0. The SMILES string of the molecule is CCC1Oc2ccc([N+](=O)[O-])nc2N(CC2CCNCC2)C1=O. The van der Waals surface area contributed by atoms with Gasteiger partial charge < -0.3 is 20.2 Å². The summed E-state index contributed by atoms with van der Waals surface area (Å²) in [5.41, 5.74) is 0. The summed E-state index contributed by atoms with van der Waals surface area (Å²) in [4.78, 5) is 28.7. The fourth-order valence-electron chi connectivity index (χ4n) is 3.05. The number of hydrogen-bond acceptors (Lipinski definition) is 6. The Morgan fingerprint density at radius 1 is 1.43 bits per heavy atom. The third-order valence-corrected chi connectivity index (χ3v) is 4.35. The molecule has 0 aromatic carbocycles. The summed E-state index contributed by atoms with van der Waals surface area (Å²) in [6, 6.07) is 2.84. The fraction of sp³-hybridized carbons (Fsp3) is 0.600. The van der Waals surface area contributed by atoms with Crippen molar-refractivity contribution in [1.29, 1.82) is 0 Å². The number of aromatic nitrogens is 1. The molecule has 3 rings (SSSR count). The van der Waals surface area contributed by atoms with E-state index in [-0.39, 0.29) is 17.5 Å². The number of rotatable bonds is 4. The number of amides is 1. The van der Waals surface area contributed by atoms with E-state index in [1.807, 2.05) is 6.92 Å². The second-order valence-corrected chi connectivity index (χ2v) is 5.91. The van der Waals surface area contributed by atoms with Gasteiger partial charge in [-0.3, -0.25) is 9.69 Å². The molecule has 2 aliphatic heterocycles. The third-order valence-electron chi connectivity index (χ3n) is 4.35. The van der Waals surface area contributed by atoms with Crippen LogP contribution in [0.4, 0.5) is 11.6 Å². The predicted molar refractivity (Wildman–Crippen MR) is 83.5 cm³/mol. The van der Waals surface area contributed by atoms with Crippen molar-refractivity contribution in [2.75, 3.05) is 24.5 Å². The van der Waals surface area contributed by atoms with E-state index in [1.54, 1.807) is 4.90 Å². The summed E-state index contributed by atoms with van der Waals surface area (Å²) in [6.07, 6.45) is 1.96. The van der Waals surface area contributed by atoms with E-state index in [9.17, 15) is 14.9 Å². The van der Waals surface area contributed by atoms with Crippen molar-refractivity contribution in [2.24, 2.45) is 5.92 Å². The predicted octanol–water partition coefficient (Wildman–Crippen LogP) is 1.49. The number of nitrogens with one attached hydrogen (secondary N) is 1. The summed E-state index contributed by atoms with van der Waals surface area (Å²) >= 11 is 0. The van der Waals surface area contributed by atoms with Crippen LogP contribution in [-0.2, 0) is 4.79 Å². The van der Waals surface area contributed by atoms with Crippen LogP contribution in [0.15, 0.2) is 12.1 Å². The van der Waals surface area contributed by atoms with E-state index < -0.39 is 11.0 Å². The standard InChI is InChI=1S/C15H20N4O4/c1-2-11-15(20)18(9-10-5-7-16-8-6-10)14-12(23-11)3-4-13(17-14)19(21)22/h3-4,10-11,16H,2,5-9H2,1H3. The van der Waals surface area contributed by atoms with Gasteiger partial charge in [-0.1, -0.05) is 6.92 Å². The molecule has 23 heavy (non-hydrogen) atoms. The number of fused-ring (bicyclic) bond motifs is 1. The highest BCUT2D eigenvalue weighted by Gasteiger charge is 2.39. The molecular formula is C15H20N4O4. The monoisotopic (exact) mass is 320 g/mol. The molecule has 1 N–H and O–H groups in total. The van der Waals surface area contributed by atoms with Crippen molar-refractivity contribution < 1.29 is 14.5 Å². The quantitative estimate of drug-likeness (QED) is 0.667. The maximum atomic E-state index is 12.6. The van der Waals surface area contributed by atoms with Gasteiger partial charge in [0.15, 0.2) is 11.9 Å². The Kier molecular flexibility index (Phi) is 4.42. The molecule has 0 bridgehead atoms. The molecule has 3 heterocycles. The summed E-state index contributed by atoms with van der Waals surface area (Å²) in [6.45, 7) is 4.27. The van der Waals surface area contributed by atoms with Crippen LogP contribution in [0.2, 0.25) is 0 Å². The van der Waals surface area contributed by atoms with Crippen LogP contribution in [0.25, 0.3) is 0 Å². The number of anilines is 1. The minimum atomic E-state index is -0.556. The largest absolute Gasteiger partial charge is 0.474 e. The van der Waals surface area contributed by atoms with E-state index >= 15 is 0 Å². The van der Waals surface area contributed by atoms with Crippen molar-refractivity contribution in [3.8, 4) is 5.75 Å². The number of carbonyl (C=O) groups excluding carboxylic acids is 1. The number of nitrogens with zero attached hydrogens (tertiary/aromatic N) is 3. The van der Waals surface area contributed by atoms with Crippen LogP contribution >= 0.6 is 0 Å². The number of ether oxygens (including phenoxy) is 1. The van der Waals surface area contributed by atoms with Gasteiger partial charge in [0.25, 0.3) is 11.7 Å². The maximum absolute atomic E-state index is 12.6. The first kappa shape index (κ1) is 15.7. The first-order valence-corrected chi connectivity index (χ1v) is 7.94. The Balaban J connectivity index is 1.93. The lowest BCUT2D eigenvalue weighted by molar-refractivity contribution is -0.389. The van der Waals surface area contributed by atoms with Crippen molar-refractivity contribution in [3.63, 3.8) is 0 Å². The van der Waals surface area contributed by atoms with Crippen LogP contribution in [0.3, 0.4) is 0 Å². The van der Waals surface area contributed by atoms with E-state index in [2.05, 4.69) is 10.3 Å². The smallest absolute Gasteiger partial charge is 0.366 e. The molecule has 1 fully saturated rings. The Morgan fingerprint density at radius 3 is 2.83 bits per heavy atom. The first-order chi connectivity index (χ1) is 11.1. The molecule has 1 unspecified atom stereocenters. The number of pyridine rings is 1. The van der Waals surface area contributed by atoms with Crippen LogP contribution in [0.5, 0.6) is 5.75 Å². The van der Waals surface area contributed by atoms with Crippen LogP contribution < -0.4 is 15.0 Å². The molecule has 8 nitrogen and oxygen atoms in total. The second kappa shape index (κ2) is 6.49. The number of hydrogen-bond donors (Lipinski definition) is 1. The molecule has 1 aromatic rings. The lowest BCUT2D eigenvalue weighted by Gasteiger charge is -2.34. The average Bonchev–Trinajstić information content (AvgIpc) is 2.57. The molecule has 1 amide bonds. The molecule has 0 saturated carbocycles. The van der Waals surface area contributed by atoms with Gasteiger partial charge >= 0.3 is 5.82 Å². The van der Waals surface area contributed by atoms with Gasteiger partial charge in [-0.2, -0.15) is 0 Å². The second-order valence-electron chi connectivity index (χ2n) is 5.91. The summed E-state index contributed by atoms with van der Waals surface area (Å²) in [5, 5.41) is 14.3. The molecular weight excluding hydrogens is 300 g/mol. The zero-order chi connectivity index (χ0) is 16.4. The van der Waals surface area contributed by atoms with Gasteiger partial charge in [0, 0.05) is 12.6 Å². The van der Waals surface area contributed by atoms with E-state index in [0.717, 1.165) is 25.9 Å². The molecule has 1 aromatic heterocycles. The molecule has 2 aliphatic rings. The molecule has 1 saturated heterocycles. The van der Waals surface area contributed by atoms with Gasteiger partial charge in [-0.25, -0.2) is 0 Å². The van der Waals surface area contributed by atoms with Gasteiger partial charge in [-0.15, -0.1) is 0 Å². The minimum Gasteiger partial charge on any atom is -0.474 e. The van der Waals surface area contributed by atoms with Crippen molar-refractivity contribution in [2.45, 2.75) is 32.3 Å². The maximum Gasteiger partial charge on any atom is 0.366 e. The highest BCUT2D eigenvalue weighted by Crippen LogP contribution is 2.35. The summed E-state index contributed by atoms with van der Waals surface area (Å²) < 4.78 is 5.66. The minimum absolute atomic E-state index is 0.161. The topological polar surface area (TPSA) is 97.6 Å². The Bertz CT molecular complexity index is 615. The number of carbonyl (C=O) groups is 1. The fourth-order valence-corrected chi connectivity index (χ4v) is 3.05. The molecule has 1 atom stereocenters. The molecule has 0 aliphatic carbocycles. The third kappa shape index (κ3) is 3.12. The Hall–Kier alpha value is -2.22. The van der Waals surface area contributed by atoms with Gasteiger partial charge in [0.1, 0.15) is 0 Å². The Labute approximate surface area is 134 Å².